The molecule has 0 aliphatic rings. The van der Waals surface area contributed by atoms with Crippen molar-refractivity contribution >= 4 is 38.8 Å². The van der Waals surface area contributed by atoms with Gasteiger partial charge in [0.15, 0.2) is 5.82 Å². The molecule has 9 heteroatoms. The number of nitrogens with zero attached hydrogens (tertiary/aromatic N) is 2. The summed E-state index contributed by atoms with van der Waals surface area (Å²) in [6.45, 7) is 1.74. The second-order valence-corrected chi connectivity index (χ2v) is 7.47. The first kappa shape index (κ1) is 14.3. The molecular formula is C10H13ClN4O2S2. The van der Waals surface area contributed by atoms with E-state index in [1.807, 2.05) is 0 Å². The molecule has 0 bridgehead atoms. The van der Waals surface area contributed by atoms with E-state index in [1.165, 1.54) is 22.2 Å². The number of hydrogen-bond donors (Lipinski definition) is 2. The molecule has 0 fully saturated rings. The Bertz CT molecular complexity index is 692. The van der Waals surface area contributed by atoms with Crippen molar-refractivity contribution in [3.05, 3.63) is 27.5 Å². The minimum absolute atomic E-state index is 0.0218. The van der Waals surface area contributed by atoms with Crippen molar-refractivity contribution in [3.63, 3.8) is 0 Å². The number of aryl methyl sites for hydroxylation is 1. The summed E-state index contributed by atoms with van der Waals surface area (Å²) in [7, 11) is -2.09. The van der Waals surface area contributed by atoms with E-state index in [9.17, 15) is 8.42 Å². The fourth-order valence-corrected chi connectivity index (χ4v) is 4.07. The number of nitrogens with two attached hydrogens (primary N) is 1. The molecule has 2 rings (SSSR count). The van der Waals surface area contributed by atoms with Gasteiger partial charge in [-0.15, -0.1) is 11.3 Å². The molecule has 0 amide bonds. The molecule has 3 N–H and O–H groups in total. The number of sulfonamides is 1. The van der Waals surface area contributed by atoms with Crippen molar-refractivity contribution in [1.82, 2.24) is 14.5 Å². The highest BCUT2D eigenvalue weighted by Gasteiger charge is 2.23. The van der Waals surface area contributed by atoms with Crippen LogP contribution in [0.4, 0.5) is 5.82 Å². The van der Waals surface area contributed by atoms with E-state index in [2.05, 4.69) is 9.82 Å². The van der Waals surface area contributed by atoms with E-state index in [0.29, 0.717) is 4.34 Å². The fourth-order valence-electron chi connectivity index (χ4n) is 1.61. The molecule has 0 saturated carbocycles. The molecule has 1 atom stereocenters. The summed E-state index contributed by atoms with van der Waals surface area (Å²) in [5, 5.41) is 3.82. The van der Waals surface area contributed by atoms with Crippen molar-refractivity contribution in [2.24, 2.45) is 7.05 Å². The maximum absolute atomic E-state index is 12.2. The third-order valence-electron chi connectivity index (χ3n) is 2.46. The number of anilines is 1. The first-order chi connectivity index (χ1) is 8.79. The largest absolute Gasteiger partial charge is 0.381 e. The van der Waals surface area contributed by atoms with Crippen molar-refractivity contribution in [3.8, 4) is 0 Å². The van der Waals surface area contributed by atoms with Crippen LogP contribution in [0, 0.1) is 0 Å². The Kier molecular flexibility index (Phi) is 3.86. The van der Waals surface area contributed by atoms with E-state index in [1.54, 1.807) is 26.1 Å². The first-order valence-electron chi connectivity index (χ1n) is 5.36. The number of thiophene rings is 1. The number of aromatic nitrogens is 2. The van der Waals surface area contributed by atoms with Crippen molar-refractivity contribution in [2.45, 2.75) is 17.9 Å². The molecule has 0 spiro atoms. The number of rotatable bonds is 4. The predicted molar refractivity (Wildman–Crippen MR) is 75.7 cm³/mol. The molecule has 104 valence electrons. The molecule has 1 unspecified atom stereocenters. The molecule has 0 aliphatic carbocycles. The van der Waals surface area contributed by atoms with E-state index < -0.39 is 10.0 Å². The second kappa shape index (κ2) is 5.12. The molecule has 0 aromatic carbocycles. The van der Waals surface area contributed by atoms with Crippen LogP contribution >= 0.6 is 22.9 Å². The highest BCUT2D eigenvalue weighted by molar-refractivity contribution is 7.89. The predicted octanol–water partition coefficient (Wildman–Crippen LogP) is 1.76. The normalized spacial score (nSPS) is 13.6. The lowest BCUT2D eigenvalue weighted by Crippen LogP contribution is -2.26. The molecule has 0 aliphatic heterocycles. The zero-order valence-corrected chi connectivity index (χ0v) is 12.7. The number of nitrogens with one attached hydrogen (secondary N) is 1. The molecular weight excluding hydrogens is 308 g/mol. The van der Waals surface area contributed by atoms with Gasteiger partial charge >= 0.3 is 0 Å². The Hall–Kier alpha value is -1.09. The summed E-state index contributed by atoms with van der Waals surface area (Å²) in [4.78, 5) is 0.806. The van der Waals surface area contributed by atoms with Crippen LogP contribution in [0.5, 0.6) is 0 Å². The summed E-state index contributed by atoms with van der Waals surface area (Å²) in [5.41, 5.74) is 5.58. The summed E-state index contributed by atoms with van der Waals surface area (Å²) in [5.74, 6) is -0.0218. The van der Waals surface area contributed by atoms with E-state index in [-0.39, 0.29) is 16.8 Å². The van der Waals surface area contributed by atoms with Gasteiger partial charge in [-0.2, -0.15) is 5.10 Å². The first-order valence-corrected chi connectivity index (χ1v) is 8.04. The van der Waals surface area contributed by atoms with Crippen LogP contribution in [-0.4, -0.2) is 18.2 Å². The Balaban J connectivity index is 2.24. The van der Waals surface area contributed by atoms with Crippen LogP contribution < -0.4 is 10.5 Å². The molecule has 2 heterocycles. The second-order valence-electron chi connectivity index (χ2n) is 4.04. The van der Waals surface area contributed by atoms with Crippen LogP contribution in [0.1, 0.15) is 17.8 Å². The molecule has 2 aromatic rings. The Morgan fingerprint density at radius 2 is 2.21 bits per heavy atom. The zero-order valence-electron chi connectivity index (χ0n) is 10.3. The van der Waals surface area contributed by atoms with Gasteiger partial charge < -0.3 is 5.73 Å². The number of hydrogen-bond acceptors (Lipinski definition) is 5. The molecule has 0 radical (unpaired) electrons. The van der Waals surface area contributed by atoms with Crippen molar-refractivity contribution in [2.75, 3.05) is 5.73 Å². The maximum atomic E-state index is 12.2. The summed E-state index contributed by atoms with van der Waals surface area (Å²) < 4.78 is 28.9. The van der Waals surface area contributed by atoms with Crippen LogP contribution in [0.15, 0.2) is 23.2 Å². The lowest BCUT2D eigenvalue weighted by Gasteiger charge is -2.11. The Morgan fingerprint density at radius 3 is 2.68 bits per heavy atom. The van der Waals surface area contributed by atoms with Gasteiger partial charge in [0.05, 0.1) is 10.4 Å². The SMILES string of the molecule is CC(NS(=O)(=O)c1cn(C)nc1N)c1ccc(Cl)s1. The zero-order chi connectivity index (χ0) is 14.2. The van der Waals surface area contributed by atoms with Gasteiger partial charge in [0.25, 0.3) is 0 Å². The molecule has 0 saturated heterocycles. The van der Waals surface area contributed by atoms with Crippen molar-refractivity contribution < 1.29 is 8.42 Å². The van der Waals surface area contributed by atoms with Gasteiger partial charge in [0.1, 0.15) is 4.90 Å². The summed E-state index contributed by atoms with van der Waals surface area (Å²) in [6.07, 6.45) is 1.37. The van der Waals surface area contributed by atoms with Gasteiger partial charge in [-0.1, -0.05) is 11.6 Å². The third kappa shape index (κ3) is 3.08. The van der Waals surface area contributed by atoms with Crippen molar-refractivity contribution in [1.29, 1.82) is 0 Å². The van der Waals surface area contributed by atoms with E-state index in [0.717, 1.165) is 4.88 Å². The van der Waals surface area contributed by atoms with Gasteiger partial charge in [-0.3, -0.25) is 4.68 Å². The molecule has 19 heavy (non-hydrogen) atoms. The van der Waals surface area contributed by atoms with Gasteiger partial charge in [0, 0.05) is 18.1 Å². The minimum Gasteiger partial charge on any atom is -0.381 e. The average Bonchev–Trinajstić information content (AvgIpc) is 2.84. The lowest BCUT2D eigenvalue weighted by molar-refractivity contribution is 0.568. The summed E-state index contributed by atoms with van der Waals surface area (Å²) >= 11 is 7.16. The molecule has 2 aromatic heterocycles. The number of halogens is 1. The average molecular weight is 321 g/mol. The topological polar surface area (TPSA) is 90.0 Å². The van der Waals surface area contributed by atoms with Crippen LogP contribution in [0.2, 0.25) is 4.34 Å². The van der Waals surface area contributed by atoms with Crippen LogP contribution in [0.25, 0.3) is 0 Å². The Morgan fingerprint density at radius 1 is 1.53 bits per heavy atom. The maximum Gasteiger partial charge on any atom is 0.246 e. The number of nitrogen functional groups attached to an aromatic ring is 1. The highest BCUT2D eigenvalue weighted by atomic mass is 35.5. The van der Waals surface area contributed by atoms with E-state index in [4.69, 9.17) is 17.3 Å². The minimum atomic E-state index is -3.70. The molecule has 6 nitrogen and oxygen atoms in total. The standard InChI is InChI=1S/C10H13ClN4O2S2/c1-6(7-3-4-9(11)18-7)14-19(16,17)8-5-15(2)13-10(8)12/h3-6,14H,1-2H3,(H2,12,13). The van der Waals surface area contributed by atoms with Crippen LogP contribution in [-0.2, 0) is 17.1 Å². The van der Waals surface area contributed by atoms with Gasteiger partial charge in [-0.05, 0) is 19.1 Å². The smallest absolute Gasteiger partial charge is 0.246 e. The quantitative estimate of drug-likeness (QED) is 0.898. The van der Waals surface area contributed by atoms with Gasteiger partial charge in [-0.25, -0.2) is 13.1 Å². The van der Waals surface area contributed by atoms with E-state index >= 15 is 0 Å². The Labute approximate surface area is 120 Å². The monoisotopic (exact) mass is 320 g/mol. The fraction of sp³-hybridized carbons (Fsp3) is 0.300. The lowest BCUT2D eigenvalue weighted by atomic mass is 10.3. The van der Waals surface area contributed by atoms with Crippen LogP contribution in [0.3, 0.4) is 0 Å². The van der Waals surface area contributed by atoms with Gasteiger partial charge in [0.2, 0.25) is 10.0 Å². The summed E-state index contributed by atoms with van der Waals surface area (Å²) in [6, 6.07) is 3.12. The highest BCUT2D eigenvalue weighted by Crippen LogP contribution is 2.28. The third-order valence-corrected chi connectivity index (χ3v) is 5.44.